The van der Waals surface area contributed by atoms with Gasteiger partial charge in [0.1, 0.15) is 5.82 Å². The highest BCUT2D eigenvalue weighted by molar-refractivity contribution is 5.16. The van der Waals surface area contributed by atoms with Gasteiger partial charge < -0.3 is 20.3 Å². The molecule has 18 heavy (non-hydrogen) atoms. The highest BCUT2D eigenvalue weighted by Gasteiger charge is 2.06. The summed E-state index contributed by atoms with van der Waals surface area (Å²) in [5.41, 5.74) is 0.474. The smallest absolute Gasteiger partial charge is 0.128 e. The lowest BCUT2D eigenvalue weighted by Crippen LogP contribution is -2.34. The van der Waals surface area contributed by atoms with Crippen molar-refractivity contribution in [1.82, 2.24) is 5.32 Å². The van der Waals surface area contributed by atoms with Crippen molar-refractivity contribution in [3.05, 3.63) is 35.6 Å². The molecule has 0 aromatic heterocycles. The average Bonchev–Trinajstić information content (AvgIpc) is 2.31. The molecule has 3 N–H and O–H groups in total. The van der Waals surface area contributed by atoms with Gasteiger partial charge in [-0.2, -0.15) is 0 Å². The first-order valence-corrected chi connectivity index (χ1v) is 5.97. The maximum absolute atomic E-state index is 13.2. The SMILES string of the molecule is CC(O)CNCC(O)COCc1ccccc1F. The minimum absolute atomic E-state index is 0.126. The second-order valence-electron chi connectivity index (χ2n) is 4.27. The molecule has 0 radical (unpaired) electrons. The summed E-state index contributed by atoms with van der Waals surface area (Å²) >= 11 is 0. The molecule has 0 aliphatic rings. The molecule has 1 aromatic carbocycles. The number of hydrogen-bond donors (Lipinski definition) is 3. The summed E-state index contributed by atoms with van der Waals surface area (Å²) in [6, 6.07) is 6.38. The second kappa shape index (κ2) is 8.16. The van der Waals surface area contributed by atoms with Crippen molar-refractivity contribution in [3.63, 3.8) is 0 Å². The number of hydrogen-bond acceptors (Lipinski definition) is 4. The van der Waals surface area contributed by atoms with Gasteiger partial charge in [0.05, 0.1) is 25.4 Å². The maximum Gasteiger partial charge on any atom is 0.128 e. The highest BCUT2D eigenvalue weighted by atomic mass is 19.1. The summed E-state index contributed by atoms with van der Waals surface area (Å²) in [6.45, 7) is 2.68. The molecule has 4 nitrogen and oxygen atoms in total. The maximum atomic E-state index is 13.2. The highest BCUT2D eigenvalue weighted by Crippen LogP contribution is 2.07. The molecule has 0 aliphatic heterocycles. The minimum Gasteiger partial charge on any atom is -0.392 e. The van der Waals surface area contributed by atoms with E-state index >= 15 is 0 Å². The zero-order chi connectivity index (χ0) is 13.4. The summed E-state index contributed by atoms with van der Waals surface area (Å²) in [5.74, 6) is -0.306. The molecule has 0 spiro atoms. The summed E-state index contributed by atoms with van der Waals surface area (Å²) in [7, 11) is 0. The van der Waals surface area contributed by atoms with Crippen molar-refractivity contribution in [2.45, 2.75) is 25.7 Å². The molecule has 2 unspecified atom stereocenters. The Morgan fingerprint density at radius 1 is 1.28 bits per heavy atom. The van der Waals surface area contributed by atoms with E-state index in [-0.39, 0.29) is 19.0 Å². The Hall–Kier alpha value is -1.01. The normalized spacial score (nSPS) is 14.4. The largest absolute Gasteiger partial charge is 0.392 e. The van der Waals surface area contributed by atoms with Gasteiger partial charge in [0, 0.05) is 18.7 Å². The van der Waals surface area contributed by atoms with Crippen LogP contribution in [0.25, 0.3) is 0 Å². The molecule has 5 heteroatoms. The zero-order valence-electron chi connectivity index (χ0n) is 10.5. The van der Waals surface area contributed by atoms with E-state index in [0.717, 1.165) is 0 Å². The van der Waals surface area contributed by atoms with Gasteiger partial charge >= 0.3 is 0 Å². The van der Waals surface area contributed by atoms with E-state index < -0.39 is 12.2 Å². The number of nitrogens with one attached hydrogen (secondary N) is 1. The van der Waals surface area contributed by atoms with Crippen LogP contribution < -0.4 is 5.32 Å². The van der Waals surface area contributed by atoms with Gasteiger partial charge in [-0.3, -0.25) is 0 Å². The molecule has 2 atom stereocenters. The van der Waals surface area contributed by atoms with Crippen molar-refractivity contribution in [2.24, 2.45) is 0 Å². The first-order chi connectivity index (χ1) is 8.59. The molecule has 0 amide bonds. The topological polar surface area (TPSA) is 61.7 Å². The van der Waals surface area contributed by atoms with E-state index in [1.165, 1.54) is 6.07 Å². The van der Waals surface area contributed by atoms with Crippen molar-refractivity contribution in [1.29, 1.82) is 0 Å². The molecule has 102 valence electrons. The molecular formula is C13H20FNO3. The van der Waals surface area contributed by atoms with Crippen LogP contribution in [0.4, 0.5) is 4.39 Å². The Kier molecular flexibility index (Phi) is 6.82. The summed E-state index contributed by atoms with van der Waals surface area (Å²) in [6.07, 6.45) is -1.12. The zero-order valence-corrected chi connectivity index (χ0v) is 10.5. The van der Waals surface area contributed by atoms with Gasteiger partial charge in [0.15, 0.2) is 0 Å². The second-order valence-corrected chi connectivity index (χ2v) is 4.27. The molecular weight excluding hydrogens is 237 g/mol. The monoisotopic (exact) mass is 257 g/mol. The fourth-order valence-corrected chi connectivity index (χ4v) is 1.44. The third kappa shape index (κ3) is 6.07. The van der Waals surface area contributed by atoms with Crippen molar-refractivity contribution < 1.29 is 19.3 Å². The van der Waals surface area contributed by atoms with Crippen molar-refractivity contribution in [3.8, 4) is 0 Å². The predicted octanol–water partition coefficient (Wildman–Crippen LogP) is 0.674. The summed E-state index contributed by atoms with van der Waals surface area (Å²) in [5, 5.41) is 21.4. The van der Waals surface area contributed by atoms with Crippen LogP contribution in [-0.2, 0) is 11.3 Å². The molecule has 0 saturated heterocycles. The van der Waals surface area contributed by atoms with Crippen LogP contribution in [0.2, 0.25) is 0 Å². The lowest BCUT2D eigenvalue weighted by Gasteiger charge is -2.13. The van der Waals surface area contributed by atoms with Gasteiger partial charge in [-0.15, -0.1) is 0 Å². The molecule has 0 heterocycles. The van der Waals surface area contributed by atoms with Crippen LogP contribution in [-0.4, -0.2) is 42.1 Å². The quantitative estimate of drug-likeness (QED) is 0.640. The number of ether oxygens (including phenoxy) is 1. The van der Waals surface area contributed by atoms with Gasteiger partial charge in [-0.25, -0.2) is 4.39 Å². The number of halogens is 1. The standard InChI is InChI=1S/C13H20FNO3/c1-10(16)6-15-7-12(17)9-18-8-11-4-2-3-5-13(11)14/h2-5,10,12,15-17H,6-9H2,1H3. The van der Waals surface area contributed by atoms with Gasteiger partial charge in [-0.05, 0) is 13.0 Å². The van der Waals surface area contributed by atoms with Gasteiger partial charge in [0.25, 0.3) is 0 Å². The van der Waals surface area contributed by atoms with Gasteiger partial charge in [0.2, 0.25) is 0 Å². The van der Waals surface area contributed by atoms with E-state index in [4.69, 9.17) is 9.84 Å². The van der Waals surface area contributed by atoms with Crippen LogP contribution in [0.1, 0.15) is 12.5 Å². The fraction of sp³-hybridized carbons (Fsp3) is 0.538. The third-order valence-corrected chi connectivity index (χ3v) is 2.35. The van der Waals surface area contributed by atoms with E-state index in [9.17, 15) is 9.50 Å². The average molecular weight is 257 g/mol. The van der Waals surface area contributed by atoms with E-state index in [0.29, 0.717) is 18.7 Å². The van der Waals surface area contributed by atoms with Gasteiger partial charge in [-0.1, -0.05) is 18.2 Å². The third-order valence-electron chi connectivity index (χ3n) is 2.35. The first kappa shape index (κ1) is 15.0. The number of rotatable bonds is 8. The Bertz CT molecular complexity index is 347. The van der Waals surface area contributed by atoms with E-state index in [1.807, 2.05) is 0 Å². The molecule has 0 fully saturated rings. The Morgan fingerprint density at radius 2 is 2.00 bits per heavy atom. The number of benzene rings is 1. The molecule has 0 aliphatic carbocycles. The molecule has 1 rings (SSSR count). The van der Waals surface area contributed by atoms with Crippen LogP contribution in [0.15, 0.2) is 24.3 Å². The Labute approximate surface area is 106 Å². The van der Waals surface area contributed by atoms with Crippen LogP contribution in [0.5, 0.6) is 0 Å². The van der Waals surface area contributed by atoms with E-state index in [2.05, 4.69) is 5.32 Å². The lowest BCUT2D eigenvalue weighted by atomic mass is 10.2. The summed E-state index contributed by atoms with van der Waals surface area (Å²) in [4.78, 5) is 0. The van der Waals surface area contributed by atoms with E-state index in [1.54, 1.807) is 25.1 Å². The molecule has 0 bridgehead atoms. The molecule has 0 saturated carbocycles. The minimum atomic E-state index is -0.671. The van der Waals surface area contributed by atoms with Crippen molar-refractivity contribution >= 4 is 0 Å². The Morgan fingerprint density at radius 3 is 2.67 bits per heavy atom. The summed E-state index contributed by atoms with van der Waals surface area (Å²) < 4.78 is 18.5. The van der Waals surface area contributed by atoms with Crippen LogP contribution in [0, 0.1) is 5.82 Å². The van der Waals surface area contributed by atoms with Crippen molar-refractivity contribution in [2.75, 3.05) is 19.7 Å². The van der Waals surface area contributed by atoms with Crippen LogP contribution >= 0.6 is 0 Å². The fourth-order valence-electron chi connectivity index (χ4n) is 1.44. The number of aliphatic hydroxyl groups is 2. The van der Waals surface area contributed by atoms with Crippen LogP contribution in [0.3, 0.4) is 0 Å². The first-order valence-electron chi connectivity index (χ1n) is 5.97. The number of aliphatic hydroxyl groups excluding tert-OH is 2. The Balaban J connectivity index is 2.15. The molecule has 1 aromatic rings. The predicted molar refractivity (Wildman–Crippen MR) is 66.6 cm³/mol. The lowest BCUT2D eigenvalue weighted by molar-refractivity contribution is 0.0267.